The summed E-state index contributed by atoms with van der Waals surface area (Å²) in [5, 5.41) is 6.09. The molecule has 4 aromatic rings. The number of imidazole rings is 1. The first-order chi connectivity index (χ1) is 14.9. The number of thiazole rings is 1. The van der Waals surface area contributed by atoms with E-state index in [2.05, 4.69) is 20.3 Å². The quantitative estimate of drug-likeness (QED) is 0.432. The van der Waals surface area contributed by atoms with Crippen molar-refractivity contribution in [2.45, 2.75) is 32.0 Å². The lowest BCUT2D eigenvalue weighted by Crippen LogP contribution is -2.28. The van der Waals surface area contributed by atoms with Crippen LogP contribution in [-0.4, -0.2) is 32.6 Å². The standard InChI is InChI=1S/C21H19F4N5S/c22-13-1-2-14-15(11-13)28-18(21(23,24)25)16-17(14)30(9-5-12-3-6-26-7-4-12)19(29-16)20-27-8-10-31-20/h1-2,8,10-12,26H,3-7,9H2. The van der Waals surface area contributed by atoms with Crippen LogP contribution >= 0.6 is 11.3 Å². The zero-order chi connectivity index (χ0) is 21.6. The van der Waals surface area contributed by atoms with Crippen LogP contribution in [0.5, 0.6) is 0 Å². The van der Waals surface area contributed by atoms with Crippen LogP contribution < -0.4 is 5.32 Å². The monoisotopic (exact) mass is 449 g/mol. The van der Waals surface area contributed by atoms with Crippen molar-refractivity contribution >= 4 is 33.3 Å². The molecular weight excluding hydrogens is 430 g/mol. The molecule has 4 heterocycles. The Morgan fingerprint density at radius 3 is 2.68 bits per heavy atom. The predicted octanol–water partition coefficient (Wildman–Crippen LogP) is 5.26. The number of fused-ring (bicyclic) bond motifs is 3. The summed E-state index contributed by atoms with van der Waals surface area (Å²) in [6, 6.07) is 3.76. The van der Waals surface area contributed by atoms with Crippen LogP contribution in [0.1, 0.15) is 25.0 Å². The summed E-state index contributed by atoms with van der Waals surface area (Å²) < 4.78 is 57.3. The number of alkyl halides is 3. The molecule has 0 unspecified atom stereocenters. The topological polar surface area (TPSA) is 55.6 Å². The Hall–Kier alpha value is -2.59. The number of aryl methyl sites for hydroxylation is 1. The highest BCUT2D eigenvalue weighted by molar-refractivity contribution is 7.13. The van der Waals surface area contributed by atoms with Crippen LogP contribution in [0.4, 0.5) is 17.6 Å². The Labute approximate surface area is 179 Å². The second-order valence-corrected chi connectivity index (χ2v) is 8.62. The van der Waals surface area contributed by atoms with Crippen LogP contribution in [0.3, 0.4) is 0 Å². The maximum Gasteiger partial charge on any atom is 0.435 e. The number of nitrogens with one attached hydrogen (secondary N) is 1. The lowest BCUT2D eigenvalue weighted by molar-refractivity contribution is -0.139. The first kappa shape index (κ1) is 20.3. The molecule has 0 spiro atoms. The molecule has 1 N–H and O–H groups in total. The predicted molar refractivity (Wildman–Crippen MR) is 111 cm³/mol. The molecule has 1 aliphatic heterocycles. The second-order valence-electron chi connectivity index (χ2n) is 7.72. The number of piperidine rings is 1. The molecule has 162 valence electrons. The maximum absolute atomic E-state index is 13.9. The molecule has 5 nitrogen and oxygen atoms in total. The van der Waals surface area contributed by atoms with E-state index < -0.39 is 17.7 Å². The molecule has 1 aromatic carbocycles. The zero-order valence-corrected chi connectivity index (χ0v) is 17.2. The third-order valence-electron chi connectivity index (χ3n) is 5.75. The Morgan fingerprint density at radius 1 is 1.16 bits per heavy atom. The van der Waals surface area contributed by atoms with Gasteiger partial charge in [-0.1, -0.05) is 0 Å². The molecule has 1 saturated heterocycles. The van der Waals surface area contributed by atoms with Gasteiger partial charge in [-0.2, -0.15) is 13.2 Å². The normalized spacial score (nSPS) is 15.9. The van der Waals surface area contributed by atoms with Crippen molar-refractivity contribution in [2.24, 2.45) is 5.92 Å². The van der Waals surface area contributed by atoms with E-state index in [0.717, 1.165) is 38.4 Å². The Balaban J connectivity index is 1.75. The van der Waals surface area contributed by atoms with Crippen LogP contribution in [-0.2, 0) is 12.7 Å². The van der Waals surface area contributed by atoms with Gasteiger partial charge in [0.25, 0.3) is 0 Å². The van der Waals surface area contributed by atoms with Crippen LogP contribution in [0.15, 0.2) is 29.8 Å². The fraction of sp³-hybridized carbons (Fsp3) is 0.381. The maximum atomic E-state index is 13.9. The van der Waals surface area contributed by atoms with Crippen molar-refractivity contribution < 1.29 is 17.6 Å². The van der Waals surface area contributed by atoms with E-state index in [1.165, 1.54) is 23.5 Å². The van der Waals surface area contributed by atoms with Gasteiger partial charge in [0, 0.05) is 29.6 Å². The first-order valence-corrected chi connectivity index (χ1v) is 11.0. The minimum Gasteiger partial charge on any atom is -0.321 e. The summed E-state index contributed by atoms with van der Waals surface area (Å²) in [7, 11) is 0. The van der Waals surface area contributed by atoms with Crippen molar-refractivity contribution in [3.05, 3.63) is 41.3 Å². The Bertz CT molecular complexity index is 1230. The third kappa shape index (κ3) is 3.78. The fourth-order valence-electron chi connectivity index (χ4n) is 4.26. The highest BCUT2D eigenvalue weighted by Gasteiger charge is 2.38. The first-order valence-electron chi connectivity index (χ1n) is 10.1. The fourth-order valence-corrected chi connectivity index (χ4v) is 4.89. The third-order valence-corrected chi connectivity index (χ3v) is 6.52. The Morgan fingerprint density at radius 2 is 1.97 bits per heavy atom. The minimum absolute atomic E-state index is 0.0338. The van der Waals surface area contributed by atoms with Gasteiger partial charge in [0.15, 0.2) is 16.5 Å². The van der Waals surface area contributed by atoms with E-state index in [4.69, 9.17) is 0 Å². The van der Waals surface area contributed by atoms with Gasteiger partial charge in [-0.25, -0.2) is 19.3 Å². The average molecular weight is 449 g/mol. The van der Waals surface area contributed by atoms with Gasteiger partial charge < -0.3 is 9.88 Å². The summed E-state index contributed by atoms with van der Waals surface area (Å²) in [6.07, 6.45) is -0.237. The van der Waals surface area contributed by atoms with Crippen molar-refractivity contribution in [3.8, 4) is 10.8 Å². The van der Waals surface area contributed by atoms with Crippen LogP contribution in [0.2, 0.25) is 0 Å². The molecular formula is C21H19F4N5S. The van der Waals surface area contributed by atoms with Crippen molar-refractivity contribution in [3.63, 3.8) is 0 Å². The van der Waals surface area contributed by atoms with E-state index in [-0.39, 0.29) is 11.0 Å². The lowest BCUT2D eigenvalue weighted by Gasteiger charge is -2.23. The van der Waals surface area contributed by atoms with Crippen LogP contribution in [0, 0.1) is 11.7 Å². The van der Waals surface area contributed by atoms with Gasteiger partial charge in [-0.3, -0.25) is 0 Å². The minimum atomic E-state index is -4.72. The summed E-state index contributed by atoms with van der Waals surface area (Å²) in [6.45, 7) is 2.39. The van der Waals surface area contributed by atoms with Gasteiger partial charge >= 0.3 is 6.18 Å². The van der Waals surface area contributed by atoms with E-state index in [9.17, 15) is 17.6 Å². The molecule has 5 rings (SSSR count). The molecule has 1 fully saturated rings. The zero-order valence-electron chi connectivity index (χ0n) is 16.4. The second kappa shape index (κ2) is 7.83. The molecule has 0 bridgehead atoms. The molecule has 10 heteroatoms. The van der Waals surface area contributed by atoms with Gasteiger partial charge in [-0.05, 0) is 50.4 Å². The number of nitrogens with zero attached hydrogens (tertiary/aromatic N) is 4. The SMILES string of the molecule is Fc1ccc2c(c1)nc(C(F)(F)F)c1nc(-c3nccs3)n(CCC3CCNCC3)c12. The molecule has 0 aliphatic carbocycles. The van der Waals surface area contributed by atoms with Gasteiger partial charge in [0.2, 0.25) is 0 Å². The van der Waals surface area contributed by atoms with Gasteiger partial charge in [0.05, 0.1) is 11.0 Å². The summed E-state index contributed by atoms with van der Waals surface area (Å²) >= 11 is 1.32. The summed E-state index contributed by atoms with van der Waals surface area (Å²) in [5.41, 5.74) is -1.02. The van der Waals surface area contributed by atoms with Crippen molar-refractivity contribution in [2.75, 3.05) is 13.1 Å². The smallest absolute Gasteiger partial charge is 0.321 e. The number of hydrogen-bond acceptors (Lipinski definition) is 5. The molecule has 1 aliphatic rings. The van der Waals surface area contributed by atoms with Crippen molar-refractivity contribution in [1.82, 2.24) is 24.8 Å². The molecule has 31 heavy (non-hydrogen) atoms. The number of hydrogen-bond donors (Lipinski definition) is 1. The van der Waals surface area contributed by atoms with E-state index in [1.807, 2.05) is 4.57 Å². The summed E-state index contributed by atoms with van der Waals surface area (Å²) in [5.74, 6) is 0.243. The number of pyridine rings is 1. The van der Waals surface area contributed by atoms with Gasteiger partial charge in [-0.15, -0.1) is 11.3 Å². The Kier molecular flexibility index (Phi) is 5.13. The highest BCUT2D eigenvalue weighted by Crippen LogP contribution is 2.39. The molecule has 3 aromatic heterocycles. The van der Waals surface area contributed by atoms with Gasteiger partial charge in [0.1, 0.15) is 11.3 Å². The van der Waals surface area contributed by atoms with E-state index >= 15 is 0 Å². The summed E-state index contributed by atoms with van der Waals surface area (Å²) in [4.78, 5) is 12.4. The number of halogens is 4. The number of benzene rings is 1. The number of aromatic nitrogens is 4. The van der Waals surface area contributed by atoms with E-state index in [0.29, 0.717) is 34.2 Å². The molecule has 0 amide bonds. The lowest BCUT2D eigenvalue weighted by atomic mass is 9.94. The molecule has 0 radical (unpaired) electrons. The largest absolute Gasteiger partial charge is 0.435 e. The molecule has 0 saturated carbocycles. The van der Waals surface area contributed by atoms with E-state index in [1.54, 1.807) is 11.6 Å². The highest BCUT2D eigenvalue weighted by atomic mass is 32.1. The van der Waals surface area contributed by atoms with Crippen LogP contribution in [0.25, 0.3) is 32.8 Å². The average Bonchev–Trinajstić information content (AvgIpc) is 3.39. The number of rotatable bonds is 4. The molecule has 0 atom stereocenters. The van der Waals surface area contributed by atoms with Crippen molar-refractivity contribution in [1.29, 1.82) is 0 Å².